The minimum absolute atomic E-state index is 0.189. The van der Waals surface area contributed by atoms with Gasteiger partial charge in [-0.15, -0.1) is 0 Å². The van der Waals surface area contributed by atoms with Gasteiger partial charge in [-0.1, -0.05) is 13.8 Å². The highest BCUT2D eigenvalue weighted by Gasteiger charge is 2.23. The molecule has 1 fully saturated rings. The molecule has 1 aliphatic heterocycles. The summed E-state index contributed by atoms with van der Waals surface area (Å²) in [6.45, 7) is 7.47. The molecule has 0 saturated carbocycles. The van der Waals surface area contributed by atoms with Crippen LogP contribution in [0.5, 0.6) is 0 Å². The molecule has 0 radical (unpaired) electrons. The van der Waals surface area contributed by atoms with Crippen LogP contribution in [0.4, 0.5) is 0 Å². The molecule has 0 amide bonds. The van der Waals surface area contributed by atoms with E-state index in [1.54, 1.807) is 7.11 Å². The van der Waals surface area contributed by atoms with Gasteiger partial charge in [-0.2, -0.15) is 0 Å². The summed E-state index contributed by atoms with van der Waals surface area (Å²) in [6, 6.07) is 0. The van der Waals surface area contributed by atoms with Gasteiger partial charge < -0.3 is 4.74 Å². The topological polar surface area (TPSA) is 29.5 Å². The van der Waals surface area contributed by atoms with Gasteiger partial charge in [0.2, 0.25) is 0 Å². The average molecular weight is 199 g/mol. The first-order valence-corrected chi connectivity index (χ1v) is 5.36. The fourth-order valence-corrected chi connectivity index (χ4v) is 1.95. The summed E-state index contributed by atoms with van der Waals surface area (Å²) < 4.78 is 4.82. The van der Waals surface area contributed by atoms with Crippen LogP contribution in [-0.4, -0.2) is 44.0 Å². The molecular weight excluding hydrogens is 178 g/mol. The van der Waals surface area contributed by atoms with Crippen molar-refractivity contribution >= 4 is 5.78 Å². The second-order valence-corrected chi connectivity index (χ2v) is 4.45. The van der Waals surface area contributed by atoms with E-state index in [2.05, 4.69) is 18.7 Å². The summed E-state index contributed by atoms with van der Waals surface area (Å²) in [5, 5.41) is 0. The first-order valence-electron chi connectivity index (χ1n) is 5.36. The fraction of sp³-hybridized carbons (Fsp3) is 0.909. The molecule has 0 aromatic rings. The number of ketones is 1. The largest absolute Gasteiger partial charge is 0.377 e. The van der Waals surface area contributed by atoms with Crippen molar-refractivity contribution in [3.8, 4) is 0 Å². The highest BCUT2D eigenvalue weighted by molar-refractivity contribution is 5.81. The third-order valence-corrected chi connectivity index (χ3v) is 3.12. The van der Waals surface area contributed by atoms with E-state index in [0.29, 0.717) is 12.5 Å². The predicted octanol–water partition coefficient (Wildman–Crippen LogP) is 1.18. The van der Waals surface area contributed by atoms with Crippen LogP contribution >= 0.6 is 0 Å². The van der Waals surface area contributed by atoms with Crippen molar-refractivity contribution in [3.63, 3.8) is 0 Å². The molecule has 3 heteroatoms. The van der Waals surface area contributed by atoms with E-state index in [4.69, 9.17) is 4.74 Å². The van der Waals surface area contributed by atoms with Crippen LogP contribution in [0.25, 0.3) is 0 Å². The third-order valence-electron chi connectivity index (χ3n) is 3.12. The monoisotopic (exact) mass is 199 g/mol. The average Bonchev–Trinajstić information content (AvgIpc) is 2.12. The van der Waals surface area contributed by atoms with Crippen molar-refractivity contribution in [3.05, 3.63) is 0 Å². The molecule has 2 atom stereocenters. The van der Waals surface area contributed by atoms with Gasteiger partial charge in [-0.25, -0.2) is 0 Å². The second-order valence-electron chi connectivity index (χ2n) is 4.45. The standard InChI is InChI=1S/C11H21NO2/c1-9-4-5-12(6-10(9)2)7-11(13)8-14-3/h9-10H,4-8H2,1-3H3. The Labute approximate surface area is 86.4 Å². The molecule has 0 spiro atoms. The van der Waals surface area contributed by atoms with Crippen LogP contribution < -0.4 is 0 Å². The Morgan fingerprint density at radius 1 is 1.43 bits per heavy atom. The van der Waals surface area contributed by atoms with Crippen molar-refractivity contribution in [2.45, 2.75) is 20.3 Å². The van der Waals surface area contributed by atoms with E-state index in [1.165, 1.54) is 6.42 Å². The van der Waals surface area contributed by atoms with Crippen LogP contribution in [0.3, 0.4) is 0 Å². The van der Waals surface area contributed by atoms with Crippen LogP contribution in [0.15, 0.2) is 0 Å². The fourth-order valence-electron chi connectivity index (χ4n) is 1.95. The molecule has 1 rings (SSSR count). The van der Waals surface area contributed by atoms with E-state index < -0.39 is 0 Å². The summed E-state index contributed by atoms with van der Waals surface area (Å²) >= 11 is 0. The number of rotatable bonds is 4. The maximum Gasteiger partial charge on any atom is 0.172 e. The molecule has 1 heterocycles. The molecule has 82 valence electrons. The van der Waals surface area contributed by atoms with Gasteiger partial charge in [0.1, 0.15) is 6.61 Å². The second kappa shape index (κ2) is 5.47. The van der Waals surface area contributed by atoms with Crippen molar-refractivity contribution < 1.29 is 9.53 Å². The number of methoxy groups -OCH3 is 1. The number of hydrogen-bond acceptors (Lipinski definition) is 3. The summed E-state index contributed by atoms with van der Waals surface area (Å²) in [7, 11) is 1.57. The van der Waals surface area contributed by atoms with Gasteiger partial charge in [-0.05, 0) is 24.8 Å². The zero-order valence-corrected chi connectivity index (χ0v) is 9.45. The van der Waals surface area contributed by atoms with E-state index >= 15 is 0 Å². The Hall–Kier alpha value is -0.410. The number of piperidine rings is 1. The zero-order chi connectivity index (χ0) is 10.6. The Kier molecular flexibility index (Phi) is 4.55. The molecule has 3 nitrogen and oxygen atoms in total. The van der Waals surface area contributed by atoms with Crippen LogP contribution in [0, 0.1) is 11.8 Å². The van der Waals surface area contributed by atoms with Crippen molar-refractivity contribution in [2.24, 2.45) is 11.8 Å². The van der Waals surface area contributed by atoms with Crippen molar-refractivity contribution in [1.82, 2.24) is 4.90 Å². The molecule has 0 aromatic heterocycles. The lowest BCUT2D eigenvalue weighted by Gasteiger charge is -2.34. The van der Waals surface area contributed by atoms with Crippen molar-refractivity contribution in [1.29, 1.82) is 0 Å². The number of carbonyl (C=O) groups is 1. The maximum absolute atomic E-state index is 11.3. The molecule has 0 N–H and O–H groups in total. The van der Waals surface area contributed by atoms with E-state index in [9.17, 15) is 4.79 Å². The van der Waals surface area contributed by atoms with Gasteiger partial charge in [0.15, 0.2) is 5.78 Å². The summed E-state index contributed by atoms with van der Waals surface area (Å²) in [5.74, 6) is 1.69. The highest BCUT2D eigenvalue weighted by Crippen LogP contribution is 2.21. The van der Waals surface area contributed by atoms with Gasteiger partial charge in [-0.3, -0.25) is 9.69 Å². The lowest BCUT2D eigenvalue weighted by atomic mass is 9.88. The van der Waals surface area contributed by atoms with E-state index in [-0.39, 0.29) is 12.4 Å². The van der Waals surface area contributed by atoms with Crippen LogP contribution in [0.1, 0.15) is 20.3 Å². The summed E-state index contributed by atoms with van der Waals surface area (Å²) in [5.41, 5.74) is 0. The number of Topliss-reactive ketones (excluding diaryl/α,β-unsaturated/α-hetero) is 1. The lowest BCUT2D eigenvalue weighted by molar-refractivity contribution is -0.124. The van der Waals surface area contributed by atoms with E-state index in [0.717, 1.165) is 19.0 Å². The van der Waals surface area contributed by atoms with Crippen molar-refractivity contribution in [2.75, 3.05) is 33.4 Å². The number of hydrogen-bond donors (Lipinski definition) is 0. The third kappa shape index (κ3) is 3.39. The SMILES string of the molecule is COCC(=O)CN1CCC(C)C(C)C1. The predicted molar refractivity (Wildman–Crippen MR) is 56.3 cm³/mol. The Balaban J connectivity index is 2.29. The highest BCUT2D eigenvalue weighted by atomic mass is 16.5. The molecule has 14 heavy (non-hydrogen) atoms. The van der Waals surface area contributed by atoms with Gasteiger partial charge in [0.25, 0.3) is 0 Å². The molecular formula is C11H21NO2. The van der Waals surface area contributed by atoms with Gasteiger partial charge in [0, 0.05) is 13.7 Å². The minimum Gasteiger partial charge on any atom is -0.377 e. The number of likely N-dealkylation sites (tertiary alicyclic amines) is 1. The number of carbonyl (C=O) groups excluding carboxylic acids is 1. The first-order chi connectivity index (χ1) is 6.63. The van der Waals surface area contributed by atoms with E-state index in [1.807, 2.05) is 0 Å². The molecule has 0 bridgehead atoms. The summed E-state index contributed by atoms with van der Waals surface area (Å²) in [4.78, 5) is 13.6. The molecule has 1 aliphatic rings. The van der Waals surface area contributed by atoms with Crippen LogP contribution in [0.2, 0.25) is 0 Å². The summed E-state index contributed by atoms with van der Waals surface area (Å²) in [6.07, 6.45) is 1.21. The van der Waals surface area contributed by atoms with Crippen LogP contribution in [-0.2, 0) is 9.53 Å². The van der Waals surface area contributed by atoms with Gasteiger partial charge >= 0.3 is 0 Å². The Morgan fingerprint density at radius 2 is 2.14 bits per heavy atom. The Bertz CT molecular complexity index is 194. The maximum atomic E-state index is 11.3. The normalized spacial score (nSPS) is 29.1. The van der Waals surface area contributed by atoms with Gasteiger partial charge in [0.05, 0.1) is 6.54 Å². The zero-order valence-electron chi connectivity index (χ0n) is 9.45. The molecule has 0 aromatic carbocycles. The number of nitrogens with zero attached hydrogens (tertiary/aromatic N) is 1. The quantitative estimate of drug-likeness (QED) is 0.681. The molecule has 2 unspecified atom stereocenters. The number of ether oxygens (including phenoxy) is 1. The smallest absolute Gasteiger partial charge is 0.172 e. The molecule has 0 aliphatic carbocycles. The molecule has 1 saturated heterocycles. The first kappa shape index (κ1) is 11.7. The Morgan fingerprint density at radius 3 is 2.71 bits per heavy atom. The lowest BCUT2D eigenvalue weighted by Crippen LogP contribution is -2.41. The minimum atomic E-state index is 0.189.